The quantitative estimate of drug-likeness (QED) is 0.713. The Labute approximate surface area is 79.5 Å². The van der Waals surface area contributed by atoms with Crippen LogP contribution in [-0.2, 0) is 0 Å². The Kier molecular flexibility index (Phi) is 5.77. The molecule has 0 bridgehead atoms. The van der Waals surface area contributed by atoms with Crippen LogP contribution in [0, 0.1) is 0 Å². The van der Waals surface area contributed by atoms with E-state index in [2.05, 4.69) is 0 Å². The summed E-state index contributed by atoms with van der Waals surface area (Å²) in [6, 6.07) is 7.66. The minimum absolute atomic E-state index is 0.0947. The number of nitrogens with two attached hydrogens (primary N) is 1. The Morgan fingerprint density at radius 1 is 1.17 bits per heavy atom. The van der Waals surface area contributed by atoms with E-state index in [4.69, 9.17) is 17.3 Å². The van der Waals surface area contributed by atoms with Crippen molar-refractivity contribution in [2.45, 2.75) is 26.8 Å². The maximum absolute atomic E-state index is 5.68. The van der Waals surface area contributed by atoms with E-state index in [1.54, 1.807) is 0 Å². The average Bonchev–Trinajstić information content (AvgIpc) is 2.09. The Morgan fingerprint density at radius 3 is 1.92 bits per heavy atom. The number of benzene rings is 1. The molecule has 0 saturated heterocycles. The zero-order valence-corrected chi connectivity index (χ0v) is 8.60. The Hall–Kier alpha value is -0.530. The molecule has 1 atom stereocenters. The molecule has 1 nitrogen and oxygen atoms in total. The van der Waals surface area contributed by atoms with E-state index in [1.807, 2.05) is 45.0 Å². The summed E-state index contributed by atoms with van der Waals surface area (Å²) >= 11 is 5.68. The van der Waals surface area contributed by atoms with Crippen molar-refractivity contribution in [2.24, 2.45) is 5.73 Å². The van der Waals surface area contributed by atoms with Crippen LogP contribution in [0.5, 0.6) is 0 Å². The van der Waals surface area contributed by atoms with Gasteiger partial charge in [-0.2, -0.15) is 0 Å². The number of rotatable bonds is 1. The lowest BCUT2D eigenvalue weighted by Crippen LogP contribution is -2.03. The van der Waals surface area contributed by atoms with Crippen molar-refractivity contribution < 1.29 is 0 Å². The highest BCUT2D eigenvalue weighted by Gasteiger charge is 1.96. The molecule has 0 aliphatic heterocycles. The molecular formula is C10H16ClN. The van der Waals surface area contributed by atoms with Crippen molar-refractivity contribution in [1.29, 1.82) is 0 Å². The maximum atomic E-state index is 5.68. The van der Waals surface area contributed by atoms with E-state index < -0.39 is 0 Å². The fraction of sp³-hybridized carbons (Fsp3) is 0.400. The highest BCUT2D eigenvalue weighted by atomic mass is 35.5. The first kappa shape index (κ1) is 11.5. The Balaban J connectivity index is 0.000000561. The van der Waals surface area contributed by atoms with Gasteiger partial charge < -0.3 is 5.73 Å². The molecule has 68 valence electrons. The van der Waals surface area contributed by atoms with Gasteiger partial charge in [0.25, 0.3) is 0 Å². The van der Waals surface area contributed by atoms with Crippen molar-refractivity contribution in [3.05, 3.63) is 34.9 Å². The number of halogens is 1. The third-order valence-corrected chi connectivity index (χ3v) is 1.65. The molecule has 0 aliphatic carbocycles. The second-order valence-corrected chi connectivity index (χ2v) is 2.78. The third kappa shape index (κ3) is 3.74. The third-order valence-electron chi connectivity index (χ3n) is 1.40. The van der Waals surface area contributed by atoms with Gasteiger partial charge in [0.15, 0.2) is 0 Å². The molecule has 0 radical (unpaired) electrons. The molecule has 0 fully saturated rings. The number of hydrogen-bond donors (Lipinski definition) is 1. The SMILES string of the molecule is CC.CC(N)c1ccc(Cl)cc1. The molecule has 1 unspecified atom stereocenters. The van der Waals surface area contributed by atoms with Crippen molar-refractivity contribution in [3.8, 4) is 0 Å². The summed E-state index contributed by atoms with van der Waals surface area (Å²) in [7, 11) is 0. The molecule has 0 saturated carbocycles. The van der Waals surface area contributed by atoms with Gasteiger partial charge in [-0.05, 0) is 24.6 Å². The normalized spacial score (nSPS) is 11.4. The van der Waals surface area contributed by atoms with Gasteiger partial charge >= 0.3 is 0 Å². The molecular weight excluding hydrogens is 170 g/mol. The van der Waals surface area contributed by atoms with Crippen molar-refractivity contribution in [3.63, 3.8) is 0 Å². The molecule has 2 N–H and O–H groups in total. The predicted molar refractivity (Wildman–Crippen MR) is 55.4 cm³/mol. The summed E-state index contributed by atoms with van der Waals surface area (Å²) in [5.74, 6) is 0. The van der Waals surface area contributed by atoms with Crippen LogP contribution in [0.1, 0.15) is 32.4 Å². The summed E-state index contributed by atoms with van der Waals surface area (Å²) in [5.41, 5.74) is 6.74. The molecule has 0 heterocycles. The molecule has 0 aromatic heterocycles. The van der Waals surface area contributed by atoms with E-state index in [0.717, 1.165) is 10.6 Å². The van der Waals surface area contributed by atoms with Gasteiger partial charge in [0, 0.05) is 11.1 Å². The van der Waals surface area contributed by atoms with Gasteiger partial charge in [-0.25, -0.2) is 0 Å². The van der Waals surface area contributed by atoms with Gasteiger partial charge in [-0.1, -0.05) is 37.6 Å². The lowest BCUT2D eigenvalue weighted by atomic mass is 10.1. The van der Waals surface area contributed by atoms with Gasteiger partial charge in [-0.15, -0.1) is 0 Å². The van der Waals surface area contributed by atoms with Crippen LogP contribution >= 0.6 is 11.6 Å². The fourth-order valence-electron chi connectivity index (χ4n) is 0.766. The van der Waals surface area contributed by atoms with Crippen LogP contribution in [0.4, 0.5) is 0 Å². The van der Waals surface area contributed by atoms with Gasteiger partial charge in [-0.3, -0.25) is 0 Å². The van der Waals surface area contributed by atoms with Gasteiger partial charge in [0.2, 0.25) is 0 Å². The molecule has 2 heteroatoms. The second-order valence-electron chi connectivity index (χ2n) is 2.34. The average molecular weight is 186 g/mol. The highest BCUT2D eigenvalue weighted by molar-refractivity contribution is 6.30. The molecule has 12 heavy (non-hydrogen) atoms. The van der Waals surface area contributed by atoms with Crippen LogP contribution in [0.2, 0.25) is 5.02 Å². The lowest BCUT2D eigenvalue weighted by Gasteiger charge is -2.03. The summed E-state index contributed by atoms with van der Waals surface area (Å²) in [6.07, 6.45) is 0. The monoisotopic (exact) mass is 185 g/mol. The Bertz CT molecular complexity index is 204. The van der Waals surface area contributed by atoms with E-state index in [1.165, 1.54) is 0 Å². The molecule has 1 aromatic carbocycles. The minimum atomic E-state index is 0.0947. The largest absolute Gasteiger partial charge is 0.324 e. The van der Waals surface area contributed by atoms with E-state index >= 15 is 0 Å². The maximum Gasteiger partial charge on any atom is 0.0406 e. The summed E-state index contributed by atoms with van der Waals surface area (Å²) in [4.78, 5) is 0. The van der Waals surface area contributed by atoms with Crippen LogP contribution in [0.25, 0.3) is 0 Å². The zero-order chi connectivity index (χ0) is 9.56. The molecule has 1 rings (SSSR count). The second kappa shape index (κ2) is 6.04. The van der Waals surface area contributed by atoms with E-state index in [0.29, 0.717) is 0 Å². The van der Waals surface area contributed by atoms with Gasteiger partial charge in [0.1, 0.15) is 0 Å². The van der Waals surface area contributed by atoms with Crippen LogP contribution in [0.3, 0.4) is 0 Å². The molecule has 0 amide bonds. The first-order valence-electron chi connectivity index (χ1n) is 4.21. The minimum Gasteiger partial charge on any atom is -0.324 e. The summed E-state index contributed by atoms with van der Waals surface area (Å²) < 4.78 is 0. The smallest absolute Gasteiger partial charge is 0.0406 e. The predicted octanol–water partition coefficient (Wildman–Crippen LogP) is 3.39. The standard InChI is InChI=1S/C8H10ClN.C2H6/c1-6(10)7-2-4-8(9)5-3-7;1-2/h2-6H,10H2,1H3;1-2H3. The van der Waals surface area contributed by atoms with Crippen molar-refractivity contribution in [2.75, 3.05) is 0 Å². The van der Waals surface area contributed by atoms with Gasteiger partial charge in [0.05, 0.1) is 0 Å². The molecule has 0 aliphatic rings. The number of hydrogen-bond acceptors (Lipinski definition) is 1. The lowest BCUT2D eigenvalue weighted by molar-refractivity contribution is 0.818. The molecule has 1 aromatic rings. The molecule has 0 spiro atoms. The topological polar surface area (TPSA) is 26.0 Å². The fourth-order valence-corrected chi connectivity index (χ4v) is 0.892. The zero-order valence-electron chi connectivity index (χ0n) is 7.84. The van der Waals surface area contributed by atoms with Crippen LogP contribution in [0.15, 0.2) is 24.3 Å². The van der Waals surface area contributed by atoms with E-state index in [9.17, 15) is 0 Å². The first-order valence-corrected chi connectivity index (χ1v) is 4.59. The van der Waals surface area contributed by atoms with Crippen molar-refractivity contribution in [1.82, 2.24) is 0 Å². The van der Waals surface area contributed by atoms with Crippen molar-refractivity contribution >= 4 is 11.6 Å². The highest BCUT2D eigenvalue weighted by Crippen LogP contribution is 2.13. The van der Waals surface area contributed by atoms with Crippen LogP contribution < -0.4 is 5.73 Å². The summed E-state index contributed by atoms with van der Waals surface area (Å²) in [5, 5.41) is 0.754. The van der Waals surface area contributed by atoms with Crippen LogP contribution in [-0.4, -0.2) is 0 Å². The Morgan fingerprint density at radius 2 is 1.58 bits per heavy atom. The first-order chi connectivity index (χ1) is 5.70. The summed E-state index contributed by atoms with van der Waals surface area (Å²) in [6.45, 7) is 5.95. The van der Waals surface area contributed by atoms with E-state index in [-0.39, 0.29) is 6.04 Å².